The van der Waals surface area contributed by atoms with E-state index in [1.807, 2.05) is 18.2 Å². The summed E-state index contributed by atoms with van der Waals surface area (Å²) in [5, 5.41) is 0. The monoisotopic (exact) mass is 294 g/mol. The van der Waals surface area contributed by atoms with Crippen molar-refractivity contribution in [3.8, 4) is 0 Å². The fourth-order valence-corrected chi connectivity index (χ4v) is 2.80. The summed E-state index contributed by atoms with van der Waals surface area (Å²) in [6.07, 6.45) is 1.45. The van der Waals surface area contributed by atoms with E-state index in [1.54, 1.807) is 12.1 Å². The van der Waals surface area contributed by atoms with Crippen molar-refractivity contribution in [1.29, 1.82) is 0 Å². The highest BCUT2D eigenvalue weighted by Crippen LogP contribution is 2.41. The Morgan fingerprint density at radius 3 is 2.27 bits per heavy atom. The van der Waals surface area contributed by atoms with Gasteiger partial charge in [0, 0.05) is 0 Å². The first-order valence-electron chi connectivity index (χ1n) is 7.48. The van der Waals surface area contributed by atoms with Gasteiger partial charge in [0.15, 0.2) is 0 Å². The van der Waals surface area contributed by atoms with Crippen molar-refractivity contribution in [2.45, 2.75) is 25.0 Å². The lowest BCUT2D eigenvalue weighted by atomic mass is 9.95. The summed E-state index contributed by atoms with van der Waals surface area (Å²) in [4.78, 5) is 0. The molecule has 3 rings (SSSR count). The standard InChI is InChI=1S/C20H19FO/c1-14-8-13-19(16-6-4-3-5-7-16)22-20(15(14)2)17-9-11-18(21)12-10-17/h3-7,9-12,19-20H,1-2,8,13H2/t19-,20+/m0/s1. The molecule has 0 radical (unpaired) electrons. The predicted octanol–water partition coefficient (Wildman–Crippen LogP) is 5.53. The van der Waals surface area contributed by atoms with E-state index in [1.165, 1.54) is 12.1 Å². The van der Waals surface area contributed by atoms with E-state index in [4.69, 9.17) is 4.74 Å². The molecule has 2 atom stereocenters. The van der Waals surface area contributed by atoms with Crippen LogP contribution in [-0.2, 0) is 4.74 Å². The zero-order valence-electron chi connectivity index (χ0n) is 12.5. The molecule has 0 N–H and O–H groups in total. The maximum Gasteiger partial charge on any atom is 0.123 e. The van der Waals surface area contributed by atoms with Gasteiger partial charge in [0.1, 0.15) is 11.9 Å². The Hall–Kier alpha value is -2.19. The average molecular weight is 294 g/mol. The molecule has 1 nitrogen and oxygen atoms in total. The molecular weight excluding hydrogens is 275 g/mol. The van der Waals surface area contributed by atoms with E-state index in [9.17, 15) is 4.39 Å². The van der Waals surface area contributed by atoms with Crippen LogP contribution in [0.4, 0.5) is 4.39 Å². The number of ether oxygens (including phenoxy) is 1. The minimum Gasteiger partial charge on any atom is -0.361 e. The van der Waals surface area contributed by atoms with Crippen LogP contribution in [0.1, 0.15) is 36.2 Å². The Morgan fingerprint density at radius 1 is 0.909 bits per heavy atom. The van der Waals surface area contributed by atoms with Gasteiger partial charge in [-0.3, -0.25) is 0 Å². The third-order valence-electron chi connectivity index (χ3n) is 4.12. The number of halogens is 1. The van der Waals surface area contributed by atoms with Gasteiger partial charge in [-0.15, -0.1) is 0 Å². The smallest absolute Gasteiger partial charge is 0.123 e. The molecule has 2 aromatic carbocycles. The molecule has 2 heteroatoms. The van der Waals surface area contributed by atoms with Crippen molar-refractivity contribution in [1.82, 2.24) is 0 Å². The molecule has 0 unspecified atom stereocenters. The first-order chi connectivity index (χ1) is 10.6. The van der Waals surface area contributed by atoms with Gasteiger partial charge in [0.25, 0.3) is 0 Å². The van der Waals surface area contributed by atoms with E-state index in [0.717, 1.165) is 35.1 Å². The maximum absolute atomic E-state index is 13.2. The Kier molecular flexibility index (Phi) is 4.21. The van der Waals surface area contributed by atoms with Gasteiger partial charge in [0.05, 0.1) is 6.10 Å². The van der Waals surface area contributed by atoms with Gasteiger partial charge < -0.3 is 4.74 Å². The maximum atomic E-state index is 13.2. The molecule has 112 valence electrons. The normalized spacial score (nSPS) is 22.4. The highest BCUT2D eigenvalue weighted by molar-refractivity contribution is 5.37. The van der Waals surface area contributed by atoms with Crippen LogP contribution in [0.25, 0.3) is 0 Å². The van der Waals surface area contributed by atoms with E-state index >= 15 is 0 Å². The number of benzene rings is 2. The van der Waals surface area contributed by atoms with Gasteiger partial charge >= 0.3 is 0 Å². The van der Waals surface area contributed by atoms with Crippen molar-refractivity contribution in [3.63, 3.8) is 0 Å². The van der Waals surface area contributed by atoms with Gasteiger partial charge in [0.2, 0.25) is 0 Å². The Morgan fingerprint density at radius 2 is 1.59 bits per heavy atom. The fraction of sp³-hybridized carbons (Fsp3) is 0.200. The molecule has 1 aliphatic rings. The highest BCUT2D eigenvalue weighted by atomic mass is 19.1. The second-order valence-corrected chi connectivity index (χ2v) is 5.63. The van der Waals surface area contributed by atoms with Gasteiger partial charge in [-0.2, -0.15) is 0 Å². The molecule has 0 spiro atoms. The van der Waals surface area contributed by atoms with E-state index in [2.05, 4.69) is 25.3 Å². The van der Waals surface area contributed by atoms with Gasteiger partial charge in [-0.1, -0.05) is 55.6 Å². The van der Waals surface area contributed by atoms with E-state index < -0.39 is 0 Å². The Balaban J connectivity index is 1.93. The van der Waals surface area contributed by atoms with E-state index in [0.29, 0.717) is 0 Å². The Labute approximate surface area is 130 Å². The molecule has 0 aromatic heterocycles. The van der Waals surface area contributed by atoms with Gasteiger partial charge in [-0.05, 0) is 47.2 Å². The van der Waals surface area contributed by atoms with E-state index in [-0.39, 0.29) is 18.0 Å². The molecule has 0 saturated carbocycles. The lowest BCUT2D eigenvalue weighted by Gasteiger charge is -2.23. The number of hydrogen-bond donors (Lipinski definition) is 0. The molecular formula is C20H19FO. The van der Waals surface area contributed by atoms with Crippen LogP contribution < -0.4 is 0 Å². The lowest BCUT2D eigenvalue weighted by Crippen LogP contribution is -2.09. The molecule has 22 heavy (non-hydrogen) atoms. The number of hydrogen-bond acceptors (Lipinski definition) is 1. The third-order valence-corrected chi connectivity index (χ3v) is 4.12. The zero-order valence-corrected chi connectivity index (χ0v) is 12.5. The first kappa shape index (κ1) is 14.7. The lowest BCUT2D eigenvalue weighted by molar-refractivity contribution is 0.00832. The summed E-state index contributed by atoms with van der Waals surface area (Å²) in [5.41, 5.74) is 3.95. The minimum atomic E-state index is -0.277. The largest absolute Gasteiger partial charge is 0.361 e. The van der Waals surface area contributed by atoms with Crippen LogP contribution in [-0.4, -0.2) is 0 Å². The molecule has 1 aliphatic heterocycles. The summed E-state index contributed by atoms with van der Waals surface area (Å²) < 4.78 is 19.5. The minimum absolute atomic E-state index is 0.00717. The molecule has 0 bridgehead atoms. The quantitative estimate of drug-likeness (QED) is 0.707. The topological polar surface area (TPSA) is 9.23 Å². The zero-order chi connectivity index (χ0) is 15.5. The third kappa shape index (κ3) is 3.02. The Bertz CT molecular complexity index is 673. The molecule has 1 heterocycles. The van der Waals surface area contributed by atoms with Crippen molar-refractivity contribution in [2.24, 2.45) is 0 Å². The van der Waals surface area contributed by atoms with Crippen LogP contribution in [0.15, 0.2) is 78.9 Å². The van der Waals surface area contributed by atoms with Crippen molar-refractivity contribution in [2.75, 3.05) is 0 Å². The highest BCUT2D eigenvalue weighted by Gasteiger charge is 2.27. The summed E-state index contributed by atoms with van der Waals surface area (Å²) >= 11 is 0. The second-order valence-electron chi connectivity index (χ2n) is 5.63. The van der Waals surface area contributed by atoms with Crippen molar-refractivity contribution in [3.05, 3.63) is 95.8 Å². The van der Waals surface area contributed by atoms with Crippen LogP contribution in [0.5, 0.6) is 0 Å². The van der Waals surface area contributed by atoms with Gasteiger partial charge in [-0.25, -0.2) is 4.39 Å². The average Bonchev–Trinajstić information content (AvgIpc) is 2.70. The summed E-state index contributed by atoms with van der Waals surface area (Å²) in [5.74, 6) is -0.249. The molecule has 1 saturated heterocycles. The first-order valence-corrected chi connectivity index (χ1v) is 7.48. The SMILES string of the molecule is C=C1CC[C@@H](c2ccccc2)O[C@@H](c2ccc(F)cc2)C1=C. The molecule has 2 aromatic rings. The fourth-order valence-electron chi connectivity index (χ4n) is 2.80. The van der Waals surface area contributed by atoms with Crippen LogP contribution in [0.2, 0.25) is 0 Å². The summed E-state index contributed by atoms with van der Waals surface area (Å²) in [7, 11) is 0. The predicted molar refractivity (Wildman–Crippen MR) is 86.9 cm³/mol. The van der Waals surface area contributed by atoms with Crippen molar-refractivity contribution >= 4 is 0 Å². The van der Waals surface area contributed by atoms with Crippen LogP contribution >= 0.6 is 0 Å². The second kappa shape index (κ2) is 6.29. The molecule has 1 fully saturated rings. The summed E-state index contributed by atoms with van der Waals surface area (Å²) in [6.45, 7) is 8.27. The summed E-state index contributed by atoms with van der Waals surface area (Å²) in [6, 6.07) is 16.6. The van der Waals surface area contributed by atoms with Crippen molar-refractivity contribution < 1.29 is 9.13 Å². The number of rotatable bonds is 2. The van der Waals surface area contributed by atoms with Crippen LogP contribution in [0, 0.1) is 5.82 Å². The molecule has 0 aliphatic carbocycles. The molecule has 0 amide bonds. The van der Waals surface area contributed by atoms with Crippen LogP contribution in [0.3, 0.4) is 0 Å².